The molecule has 0 aliphatic carbocycles. The van der Waals surface area contributed by atoms with E-state index in [2.05, 4.69) is 15.3 Å². The summed E-state index contributed by atoms with van der Waals surface area (Å²) in [5, 5.41) is 11.2. The number of aliphatic carboxylic acids is 1. The summed E-state index contributed by atoms with van der Waals surface area (Å²) in [6.07, 6.45) is 1.55. The Morgan fingerprint density at radius 2 is 2.12 bits per heavy atom. The first-order valence-corrected chi connectivity index (χ1v) is 5.12. The number of hydrogen-bond acceptors (Lipinski definition) is 3. The average molecular weight is 241 g/mol. The van der Waals surface area contributed by atoms with Crippen molar-refractivity contribution in [2.45, 2.75) is 32.2 Å². The summed E-state index contributed by atoms with van der Waals surface area (Å²) in [6.45, 7) is 3.44. The number of carbonyl (C=O) groups is 2. The molecule has 94 valence electrons. The van der Waals surface area contributed by atoms with Gasteiger partial charge in [0.25, 0.3) is 5.91 Å². The van der Waals surface area contributed by atoms with Gasteiger partial charge < -0.3 is 20.4 Å². The van der Waals surface area contributed by atoms with Gasteiger partial charge in [0, 0.05) is 18.2 Å². The highest BCUT2D eigenvalue weighted by atomic mass is 16.4. The zero-order chi connectivity index (χ0) is 13.1. The van der Waals surface area contributed by atoms with Crippen LogP contribution in [0.4, 0.5) is 0 Å². The van der Waals surface area contributed by atoms with Crippen molar-refractivity contribution in [1.29, 1.82) is 0 Å². The molecule has 4 N–H and O–H groups in total. The summed E-state index contributed by atoms with van der Waals surface area (Å²) in [6, 6.07) is 0. The lowest BCUT2D eigenvalue weighted by Crippen LogP contribution is -2.44. The lowest BCUT2D eigenvalue weighted by Gasteiger charge is -2.25. The quantitative estimate of drug-likeness (QED) is 0.584. The van der Waals surface area contributed by atoms with Gasteiger partial charge in [-0.1, -0.05) is 0 Å². The molecule has 0 saturated heterocycles. The van der Waals surface area contributed by atoms with Gasteiger partial charge in [-0.2, -0.15) is 0 Å². The number of hydrogen-bond donors (Lipinski definition) is 4. The predicted octanol–water partition coefficient (Wildman–Crippen LogP) is 0.0762. The van der Waals surface area contributed by atoms with Crippen molar-refractivity contribution in [2.24, 2.45) is 0 Å². The maximum atomic E-state index is 11.7. The van der Waals surface area contributed by atoms with Gasteiger partial charge in [-0.15, -0.1) is 0 Å². The number of H-pyrrole nitrogens is 2. The predicted molar refractivity (Wildman–Crippen MR) is 59.8 cm³/mol. The number of carbonyl (C=O) groups excluding carboxylic acids is 1. The van der Waals surface area contributed by atoms with E-state index in [0.29, 0.717) is 6.42 Å². The molecule has 0 radical (unpaired) electrons. The lowest BCUT2D eigenvalue weighted by molar-refractivity contribution is -0.137. The molecule has 0 aromatic carbocycles. The van der Waals surface area contributed by atoms with Crippen molar-refractivity contribution in [1.82, 2.24) is 15.3 Å². The third-order valence-electron chi connectivity index (χ3n) is 2.26. The van der Waals surface area contributed by atoms with Crippen molar-refractivity contribution < 1.29 is 14.7 Å². The Labute approximate surface area is 97.2 Å². The van der Waals surface area contributed by atoms with Gasteiger partial charge in [-0.05, 0) is 20.3 Å². The van der Waals surface area contributed by atoms with Crippen LogP contribution in [-0.2, 0) is 4.79 Å². The highest BCUT2D eigenvalue weighted by Gasteiger charge is 2.22. The number of aromatic amines is 2. The molecule has 0 saturated carbocycles. The second-order valence-electron chi connectivity index (χ2n) is 4.39. The number of carboxylic acid groups (broad SMARTS) is 1. The molecule has 0 aliphatic heterocycles. The minimum atomic E-state index is -0.914. The Kier molecular flexibility index (Phi) is 3.72. The minimum Gasteiger partial charge on any atom is -0.481 e. The lowest BCUT2D eigenvalue weighted by atomic mass is 9.98. The van der Waals surface area contributed by atoms with Gasteiger partial charge in [0.05, 0.1) is 0 Å². The smallest absolute Gasteiger partial charge is 0.323 e. The van der Waals surface area contributed by atoms with Gasteiger partial charge in [-0.3, -0.25) is 9.59 Å². The van der Waals surface area contributed by atoms with Gasteiger partial charge in [0.15, 0.2) is 0 Å². The maximum absolute atomic E-state index is 11.7. The molecule has 1 amide bonds. The van der Waals surface area contributed by atoms with Gasteiger partial charge in [-0.25, -0.2) is 4.79 Å². The maximum Gasteiger partial charge on any atom is 0.323 e. The number of aromatic nitrogens is 2. The third kappa shape index (κ3) is 4.13. The highest BCUT2D eigenvalue weighted by Crippen LogP contribution is 2.11. The van der Waals surface area contributed by atoms with E-state index in [9.17, 15) is 14.4 Å². The Bertz CT molecular complexity index is 472. The number of amides is 1. The summed E-state index contributed by atoms with van der Waals surface area (Å²) in [7, 11) is 0. The van der Waals surface area contributed by atoms with Crippen LogP contribution in [0.1, 0.15) is 37.2 Å². The number of carboxylic acids is 1. The van der Waals surface area contributed by atoms with Crippen LogP contribution in [-0.4, -0.2) is 32.5 Å². The SMILES string of the molecule is CC(C)(CCC(=O)O)NC(=O)c1c[nH]c(=O)[nH]1. The first-order valence-electron chi connectivity index (χ1n) is 5.12. The van der Waals surface area contributed by atoms with Crippen LogP contribution < -0.4 is 11.0 Å². The zero-order valence-corrected chi connectivity index (χ0v) is 9.66. The highest BCUT2D eigenvalue weighted by molar-refractivity contribution is 5.92. The van der Waals surface area contributed by atoms with Crippen LogP contribution in [0.5, 0.6) is 0 Å². The Morgan fingerprint density at radius 3 is 2.59 bits per heavy atom. The molecule has 7 heteroatoms. The fraction of sp³-hybridized carbons (Fsp3) is 0.500. The van der Waals surface area contributed by atoms with E-state index >= 15 is 0 Å². The van der Waals surface area contributed by atoms with Gasteiger partial charge in [0.1, 0.15) is 5.69 Å². The second kappa shape index (κ2) is 4.86. The van der Waals surface area contributed by atoms with E-state index in [1.54, 1.807) is 13.8 Å². The second-order valence-corrected chi connectivity index (χ2v) is 4.39. The molecule has 17 heavy (non-hydrogen) atoms. The minimum absolute atomic E-state index is 0.0308. The molecular formula is C10H15N3O4. The Hall–Kier alpha value is -2.05. The number of rotatable bonds is 5. The molecule has 0 bridgehead atoms. The van der Waals surface area contributed by atoms with E-state index in [1.807, 2.05) is 0 Å². The van der Waals surface area contributed by atoms with Crippen molar-refractivity contribution in [3.63, 3.8) is 0 Å². The van der Waals surface area contributed by atoms with Crippen molar-refractivity contribution in [2.75, 3.05) is 0 Å². The van der Waals surface area contributed by atoms with Crippen LogP contribution >= 0.6 is 0 Å². The molecule has 0 unspecified atom stereocenters. The van der Waals surface area contributed by atoms with Crippen LogP contribution in [0.3, 0.4) is 0 Å². The van der Waals surface area contributed by atoms with Crippen molar-refractivity contribution in [3.05, 3.63) is 22.4 Å². The summed E-state index contributed by atoms with van der Waals surface area (Å²) in [5.74, 6) is -1.36. The third-order valence-corrected chi connectivity index (χ3v) is 2.26. The van der Waals surface area contributed by atoms with Gasteiger partial charge >= 0.3 is 11.7 Å². The van der Waals surface area contributed by atoms with Gasteiger partial charge in [0.2, 0.25) is 0 Å². The monoisotopic (exact) mass is 241 g/mol. The molecule has 0 atom stereocenters. The summed E-state index contributed by atoms with van der Waals surface area (Å²) < 4.78 is 0. The molecule has 0 spiro atoms. The summed E-state index contributed by atoms with van der Waals surface area (Å²) in [5.41, 5.74) is -0.985. The molecule has 1 rings (SSSR count). The fourth-order valence-electron chi connectivity index (χ4n) is 1.31. The summed E-state index contributed by atoms with van der Waals surface area (Å²) >= 11 is 0. The van der Waals surface area contributed by atoms with Crippen LogP contribution in [0, 0.1) is 0 Å². The molecule has 1 heterocycles. The Balaban J connectivity index is 2.61. The van der Waals surface area contributed by atoms with Crippen molar-refractivity contribution in [3.8, 4) is 0 Å². The average Bonchev–Trinajstić information content (AvgIpc) is 2.61. The van der Waals surface area contributed by atoms with E-state index in [-0.39, 0.29) is 12.1 Å². The number of nitrogens with one attached hydrogen (secondary N) is 3. The summed E-state index contributed by atoms with van der Waals surface area (Å²) in [4.78, 5) is 37.6. The van der Waals surface area contributed by atoms with E-state index in [0.717, 1.165) is 0 Å². The molecule has 0 aliphatic rings. The van der Waals surface area contributed by atoms with E-state index in [1.165, 1.54) is 6.20 Å². The van der Waals surface area contributed by atoms with E-state index in [4.69, 9.17) is 5.11 Å². The first-order chi connectivity index (χ1) is 7.80. The zero-order valence-electron chi connectivity index (χ0n) is 9.66. The topological polar surface area (TPSA) is 115 Å². The van der Waals surface area contributed by atoms with Crippen LogP contribution in [0.25, 0.3) is 0 Å². The van der Waals surface area contributed by atoms with E-state index < -0.39 is 23.1 Å². The Morgan fingerprint density at radius 1 is 1.47 bits per heavy atom. The van der Waals surface area contributed by atoms with Crippen LogP contribution in [0.2, 0.25) is 0 Å². The standard InChI is InChI=1S/C10H15N3O4/c1-10(2,4-3-7(14)15)13-8(16)6-5-11-9(17)12-6/h5H,3-4H2,1-2H3,(H,13,16)(H,14,15)(H2,11,12,17). The first kappa shape index (κ1) is 13.0. The molecular weight excluding hydrogens is 226 g/mol. The molecule has 1 aromatic heterocycles. The number of imidazole rings is 1. The molecule has 7 nitrogen and oxygen atoms in total. The van der Waals surface area contributed by atoms with Crippen LogP contribution in [0.15, 0.2) is 11.0 Å². The molecule has 1 aromatic rings. The largest absolute Gasteiger partial charge is 0.481 e. The normalized spacial score (nSPS) is 11.2. The molecule has 0 fully saturated rings. The van der Waals surface area contributed by atoms with Crippen molar-refractivity contribution >= 4 is 11.9 Å². The fourth-order valence-corrected chi connectivity index (χ4v) is 1.31.